The summed E-state index contributed by atoms with van der Waals surface area (Å²) in [5, 5.41) is 4.41. The van der Waals surface area contributed by atoms with Crippen molar-refractivity contribution in [3.05, 3.63) is 42.2 Å². The van der Waals surface area contributed by atoms with Gasteiger partial charge < -0.3 is 4.74 Å². The van der Waals surface area contributed by atoms with Crippen molar-refractivity contribution < 1.29 is 4.74 Å². The fraction of sp³-hybridized carbons (Fsp3) is 0.400. The van der Waals surface area contributed by atoms with Crippen molar-refractivity contribution in [1.82, 2.24) is 9.78 Å². The maximum Gasteiger partial charge on any atom is 0.165 e. The third-order valence-corrected chi connectivity index (χ3v) is 3.50. The van der Waals surface area contributed by atoms with E-state index in [1.807, 2.05) is 24.4 Å². The molecular formula is C15H18N2O. The molecule has 0 radical (unpaired) electrons. The summed E-state index contributed by atoms with van der Waals surface area (Å²) in [5.74, 6) is 1.70. The van der Waals surface area contributed by atoms with Crippen molar-refractivity contribution in [2.75, 3.05) is 0 Å². The van der Waals surface area contributed by atoms with Crippen LogP contribution in [0.15, 0.2) is 36.7 Å². The van der Waals surface area contributed by atoms with E-state index in [-0.39, 0.29) is 0 Å². The van der Waals surface area contributed by atoms with Crippen molar-refractivity contribution in [1.29, 1.82) is 0 Å². The third kappa shape index (κ3) is 2.40. The molecule has 1 saturated carbocycles. The normalized spacial score (nSPS) is 16.1. The lowest BCUT2D eigenvalue weighted by Crippen LogP contribution is -2.04. The predicted octanol–water partition coefficient (Wildman–Crippen LogP) is 4.10. The van der Waals surface area contributed by atoms with Gasteiger partial charge in [0.15, 0.2) is 5.75 Å². The van der Waals surface area contributed by atoms with E-state index in [4.69, 9.17) is 4.74 Å². The van der Waals surface area contributed by atoms with Crippen LogP contribution < -0.4 is 4.74 Å². The topological polar surface area (TPSA) is 27.1 Å². The van der Waals surface area contributed by atoms with Gasteiger partial charge in [-0.15, -0.1) is 0 Å². The van der Waals surface area contributed by atoms with E-state index in [0.717, 1.165) is 11.5 Å². The molecule has 1 aliphatic carbocycles. The first-order chi connectivity index (χ1) is 8.81. The average molecular weight is 242 g/mol. The lowest BCUT2D eigenvalue weighted by molar-refractivity contribution is 0.456. The first-order valence-electron chi connectivity index (χ1n) is 6.60. The molecule has 1 aliphatic rings. The van der Waals surface area contributed by atoms with E-state index in [0.29, 0.717) is 6.04 Å². The number of rotatable bonds is 3. The van der Waals surface area contributed by atoms with Crippen molar-refractivity contribution in [3.8, 4) is 11.5 Å². The molecule has 18 heavy (non-hydrogen) atoms. The maximum atomic E-state index is 5.82. The number of benzene rings is 1. The van der Waals surface area contributed by atoms with Crippen molar-refractivity contribution >= 4 is 0 Å². The van der Waals surface area contributed by atoms with Gasteiger partial charge in [-0.25, -0.2) is 0 Å². The van der Waals surface area contributed by atoms with Gasteiger partial charge in [0.1, 0.15) is 5.75 Å². The zero-order chi connectivity index (χ0) is 12.4. The maximum absolute atomic E-state index is 5.82. The standard InChI is InChI=1S/C15H18N2O/c1-12-5-4-8-14(9-12)18-15-10-16-17(11-15)13-6-2-3-7-13/h4-5,8-11,13H,2-3,6-7H2,1H3. The molecule has 2 aromatic rings. The van der Waals surface area contributed by atoms with E-state index >= 15 is 0 Å². The Hall–Kier alpha value is -1.77. The number of aryl methyl sites for hydroxylation is 1. The molecule has 0 saturated heterocycles. The average Bonchev–Trinajstić information content (AvgIpc) is 2.98. The highest BCUT2D eigenvalue weighted by Gasteiger charge is 2.17. The summed E-state index contributed by atoms with van der Waals surface area (Å²) in [6.07, 6.45) is 8.94. The minimum atomic E-state index is 0.569. The molecule has 1 heterocycles. The Morgan fingerprint density at radius 2 is 2.06 bits per heavy atom. The first-order valence-corrected chi connectivity index (χ1v) is 6.60. The van der Waals surface area contributed by atoms with Gasteiger partial charge in [0.05, 0.1) is 18.4 Å². The molecule has 94 valence electrons. The van der Waals surface area contributed by atoms with Crippen LogP contribution in [0.4, 0.5) is 0 Å². The molecule has 0 bridgehead atoms. The molecule has 0 amide bonds. The fourth-order valence-corrected chi connectivity index (χ4v) is 2.56. The third-order valence-electron chi connectivity index (χ3n) is 3.50. The number of ether oxygens (including phenoxy) is 1. The molecule has 3 rings (SSSR count). The zero-order valence-electron chi connectivity index (χ0n) is 10.7. The summed E-state index contributed by atoms with van der Waals surface area (Å²) in [5.41, 5.74) is 1.20. The van der Waals surface area contributed by atoms with Gasteiger partial charge in [0.2, 0.25) is 0 Å². The molecule has 0 unspecified atom stereocenters. The Balaban J connectivity index is 1.73. The van der Waals surface area contributed by atoms with Crippen LogP contribution in [0, 0.1) is 6.92 Å². The van der Waals surface area contributed by atoms with Crippen LogP contribution in [0.1, 0.15) is 37.3 Å². The predicted molar refractivity (Wildman–Crippen MR) is 71.0 cm³/mol. The molecule has 1 fully saturated rings. The van der Waals surface area contributed by atoms with Gasteiger partial charge in [-0.05, 0) is 37.5 Å². The van der Waals surface area contributed by atoms with E-state index in [9.17, 15) is 0 Å². The van der Waals surface area contributed by atoms with Crippen LogP contribution in [0.25, 0.3) is 0 Å². The van der Waals surface area contributed by atoms with Gasteiger partial charge in [-0.1, -0.05) is 25.0 Å². The summed E-state index contributed by atoms with van der Waals surface area (Å²) in [4.78, 5) is 0. The number of nitrogens with zero attached hydrogens (tertiary/aromatic N) is 2. The second-order valence-corrected chi connectivity index (χ2v) is 5.01. The Kier molecular flexibility index (Phi) is 3.05. The second kappa shape index (κ2) is 4.84. The summed E-state index contributed by atoms with van der Waals surface area (Å²) >= 11 is 0. The van der Waals surface area contributed by atoms with Gasteiger partial charge in [0, 0.05) is 0 Å². The van der Waals surface area contributed by atoms with Gasteiger partial charge >= 0.3 is 0 Å². The lowest BCUT2D eigenvalue weighted by Gasteiger charge is -2.08. The summed E-state index contributed by atoms with van der Waals surface area (Å²) in [7, 11) is 0. The molecule has 3 nitrogen and oxygen atoms in total. The largest absolute Gasteiger partial charge is 0.454 e. The van der Waals surface area contributed by atoms with Crippen LogP contribution >= 0.6 is 0 Å². The Morgan fingerprint density at radius 1 is 1.22 bits per heavy atom. The van der Waals surface area contributed by atoms with E-state index in [1.165, 1.54) is 31.2 Å². The number of hydrogen-bond acceptors (Lipinski definition) is 2. The highest BCUT2D eigenvalue weighted by molar-refractivity contribution is 5.31. The number of hydrogen-bond donors (Lipinski definition) is 0. The Bertz CT molecular complexity index is 527. The molecule has 0 spiro atoms. The monoisotopic (exact) mass is 242 g/mol. The minimum absolute atomic E-state index is 0.569. The van der Waals surface area contributed by atoms with Crippen molar-refractivity contribution in [2.24, 2.45) is 0 Å². The smallest absolute Gasteiger partial charge is 0.165 e. The van der Waals surface area contributed by atoms with Crippen LogP contribution in [0.5, 0.6) is 11.5 Å². The highest BCUT2D eigenvalue weighted by Crippen LogP contribution is 2.30. The fourth-order valence-electron chi connectivity index (χ4n) is 2.56. The molecule has 1 aromatic heterocycles. The van der Waals surface area contributed by atoms with Gasteiger partial charge in [-0.3, -0.25) is 4.68 Å². The van der Waals surface area contributed by atoms with Gasteiger partial charge in [0.25, 0.3) is 0 Å². The molecule has 0 N–H and O–H groups in total. The van der Waals surface area contributed by atoms with E-state index in [2.05, 4.69) is 22.8 Å². The second-order valence-electron chi connectivity index (χ2n) is 5.01. The van der Waals surface area contributed by atoms with E-state index in [1.54, 1.807) is 6.20 Å². The molecular weight excluding hydrogens is 224 g/mol. The Labute approximate surface area is 107 Å². The molecule has 0 aliphatic heterocycles. The minimum Gasteiger partial charge on any atom is -0.454 e. The zero-order valence-corrected chi connectivity index (χ0v) is 10.7. The Morgan fingerprint density at radius 3 is 2.83 bits per heavy atom. The first kappa shape index (κ1) is 11.3. The lowest BCUT2D eigenvalue weighted by atomic mass is 10.2. The SMILES string of the molecule is Cc1cccc(Oc2cnn(C3CCCC3)c2)c1. The summed E-state index contributed by atoms with van der Waals surface area (Å²) < 4.78 is 7.87. The summed E-state index contributed by atoms with van der Waals surface area (Å²) in [6.45, 7) is 2.06. The molecule has 1 aromatic carbocycles. The number of aromatic nitrogens is 2. The van der Waals surface area contributed by atoms with Gasteiger partial charge in [-0.2, -0.15) is 5.10 Å². The van der Waals surface area contributed by atoms with Crippen LogP contribution in [0.3, 0.4) is 0 Å². The summed E-state index contributed by atoms with van der Waals surface area (Å²) in [6, 6.07) is 8.65. The quantitative estimate of drug-likeness (QED) is 0.810. The van der Waals surface area contributed by atoms with Crippen LogP contribution in [-0.4, -0.2) is 9.78 Å². The van der Waals surface area contributed by atoms with Crippen molar-refractivity contribution in [2.45, 2.75) is 38.6 Å². The van der Waals surface area contributed by atoms with Crippen LogP contribution in [0.2, 0.25) is 0 Å². The van der Waals surface area contributed by atoms with E-state index < -0.39 is 0 Å². The highest BCUT2D eigenvalue weighted by atomic mass is 16.5. The van der Waals surface area contributed by atoms with Crippen molar-refractivity contribution in [3.63, 3.8) is 0 Å². The molecule has 3 heteroatoms. The van der Waals surface area contributed by atoms with Crippen LogP contribution in [-0.2, 0) is 0 Å². The molecule has 0 atom stereocenters.